The molecule has 0 saturated carbocycles. The molecule has 0 aliphatic heterocycles. The van der Waals surface area contributed by atoms with Crippen LogP contribution in [-0.4, -0.2) is 17.6 Å². The number of nitrogens with zero attached hydrogens (tertiary/aromatic N) is 1. The van der Waals surface area contributed by atoms with Gasteiger partial charge in [-0.2, -0.15) is 0 Å². The van der Waals surface area contributed by atoms with Gasteiger partial charge in [0.25, 0.3) is 0 Å². The molecule has 0 aliphatic rings. The summed E-state index contributed by atoms with van der Waals surface area (Å²) in [6, 6.07) is 8.73. The molecular formula is C15H19ClN2S. The van der Waals surface area contributed by atoms with Gasteiger partial charge in [-0.1, -0.05) is 18.5 Å². The van der Waals surface area contributed by atoms with Gasteiger partial charge in [0, 0.05) is 23.3 Å². The van der Waals surface area contributed by atoms with Crippen molar-refractivity contribution in [3.63, 3.8) is 0 Å². The van der Waals surface area contributed by atoms with Crippen molar-refractivity contribution in [3.05, 3.63) is 51.4 Å². The van der Waals surface area contributed by atoms with E-state index < -0.39 is 0 Å². The highest BCUT2D eigenvalue weighted by molar-refractivity contribution is 7.16. The molecule has 2 aromatic heterocycles. The third kappa shape index (κ3) is 4.94. The summed E-state index contributed by atoms with van der Waals surface area (Å²) in [5.74, 6) is 0. The Morgan fingerprint density at radius 1 is 1.21 bits per heavy atom. The van der Waals surface area contributed by atoms with E-state index in [2.05, 4.69) is 35.4 Å². The first-order valence-corrected chi connectivity index (χ1v) is 7.84. The quantitative estimate of drug-likeness (QED) is 0.836. The molecule has 2 rings (SSSR count). The second kappa shape index (κ2) is 7.63. The summed E-state index contributed by atoms with van der Waals surface area (Å²) in [6.45, 7) is 3.24. The van der Waals surface area contributed by atoms with Crippen LogP contribution in [0.15, 0.2) is 36.7 Å². The lowest BCUT2D eigenvalue weighted by atomic mass is 10.0. The van der Waals surface area contributed by atoms with Gasteiger partial charge in [-0.25, -0.2) is 0 Å². The van der Waals surface area contributed by atoms with E-state index in [-0.39, 0.29) is 0 Å². The SMILES string of the molecule is CCCNC(Cc1ccncc1)Cc1ccc(Cl)s1. The normalized spacial score (nSPS) is 12.5. The second-order valence-electron chi connectivity index (χ2n) is 4.62. The van der Waals surface area contributed by atoms with E-state index in [1.165, 1.54) is 10.4 Å². The van der Waals surface area contributed by atoms with E-state index in [1.54, 1.807) is 11.3 Å². The molecule has 0 aliphatic carbocycles. The van der Waals surface area contributed by atoms with Crippen molar-refractivity contribution in [2.24, 2.45) is 0 Å². The molecule has 0 aromatic carbocycles. The predicted octanol–water partition coefficient (Wildman–Crippen LogP) is 3.95. The first-order valence-electron chi connectivity index (χ1n) is 6.64. The lowest BCUT2D eigenvalue weighted by Crippen LogP contribution is -2.33. The van der Waals surface area contributed by atoms with Crippen molar-refractivity contribution in [3.8, 4) is 0 Å². The van der Waals surface area contributed by atoms with Crippen LogP contribution in [0.4, 0.5) is 0 Å². The van der Waals surface area contributed by atoms with E-state index in [0.717, 1.165) is 30.1 Å². The molecule has 2 aromatic rings. The summed E-state index contributed by atoms with van der Waals surface area (Å²) in [7, 11) is 0. The number of aromatic nitrogens is 1. The molecule has 1 unspecified atom stereocenters. The molecule has 0 radical (unpaired) electrons. The Morgan fingerprint density at radius 3 is 2.63 bits per heavy atom. The fraction of sp³-hybridized carbons (Fsp3) is 0.400. The highest BCUT2D eigenvalue weighted by Crippen LogP contribution is 2.23. The van der Waals surface area contributed by atoms with Gasteiger partial charge in [-0.15, -0.1) is 11.3 Å². The topological polar surface area (TPSA) is 24.9 Å². The molecule has 0 amide bonds. The minimum absolute atomic E-state index is 0.456. The average Bonchev–Trinajstić information content (AvgIpc) is 2.82. The van der Waals surface area contributed by atoms with Crippen molar-refractivity contribution < 1.29 is 0 Å². The highest BCUT2D eigenvalue weighted by Gasteiger charge is 2.11. The monoisotopic (exact) mass is 294 g/mol. The lowest BCUT2D eigenvalue weighted by Gasteiger charge is -2.17. The minimum Gasteiger partial charge on any atom is -0.313 e. The maximum absolute atomic E-state index is 6.00. The van der Waals surface area contributed by atoms with Crippen molar-refractivity contribution >= 4 is 22.9 Å². The number of halogens is 1. The number of nitrogens with one attached hydrogen (secondary N) is 1. The van der Waals surface area contributed by atoms with Gasteiger partial charge < -0.3 is 5.32 Å². The Kier molecular flexibility index (Phi) is 5.83. The van der Waals surface area contributed by atoms with Crippen LogP contribution < -0.4 is 5.32 Å². The number of thiophene rings is 1. The Balaban J connectivity index is 1.99. The van der Waals surface area contributed by atoms with Crippen LogP contribution in [0.3, 0.4) is 0 Å². The van der Waals surface area contributed by atoms with E-state index in [0.29, 0.717) is 6.04 Å². The molecule has 102 valence electrons. The lowest BCUT2D eigenvalue weighted by molar-refractivity contribution is 0.507. The summed E-state index contributed by atoms with van der Waals surface area (Å²) >= 11 is 7.67. The van der Waals surface area contributed by atoms with Gasteiger partial charge in [-0.05, 0) is 55.6 Å². The Morgan fingerprint density at radius 2 is 2.00 bits per heavy atom. The third-order valence-corrected chi connectivity index (χ3v) is 4.24. The van der Waals surface area contributed by atoms with Gasteiger partial charge >= 0.3 is 0 Å². The zero-order chi connectivity index (χ0) is 13.5. The smallest absolute Gasteiger partial charge is 0.0931 e. The van der Waals surface area contributed by atoms with E-state index in [4.69, 9.17) is 11.6 Å². The Labute approximate surface area is 123 Å². The summed E-state index contributed by atoms with van der Waals surface area (Å²) in [5, 5.41) is 3.62. The average molecular weight is 295 g/mol. The van der Waals surface area contributed by atoms with E-state index in [9.17, 15) is 0 Å². The van der Waals surface area contributed by atoms with Crippen LogP contribution in [-0.2, 0) is 12.8 Å². The predicted molar refractivity (Wildman–Crippen MR) is 83.1 cm³/mol. The third-order valence-electron chi connectivity index (χ3n) is 2.99. The maximum Gasteiger partial charge on any atom is 0.0931 e. The fourth-order valence-corrected chi connectivity index (χ4v) is 3.24. The van der Waals surface area contributed by atoms with Crippen LogP contribution in [0, 0.1) is 0 Å². The molecule has 2 heterocycles. The number of hydrogen-bond donors (Lipinski definition) is 1. The Bertz CT molecular complexity index is 484. The molecule has 19 heavy (non-hydrogen) atoms. The number of pyridine rings is 1. The standard InChI is InChI=1S/C15H19ClN2S/c1-2-7-18-13(10-12-5-8-17-9-6-12)11-14-3-4-15(16)19-14/h3-6,8-9,13,18H,2,7,10-11H2,1H3. The molecule has 4 heteroatoms. The van der Waals surface area contributed by atoms with Crippen LogP contribution in [0.2, 0.25) is 4.34 Å². The first-order chi connectivity index (χ1) is 9.28. The van der Waals surface area contributed by atoms with E-state index >= 15 is 0 Å². The maximum atomic E-state index is 6.00. The van der Waals surface area contributed by atoms with Gasteiger partial charge in [0.1, 0.15) is 0 Å². The fourth-order valence-electron chi connectivity index (χ4n) is 2.07. The molecule has 1 N–H and O–H groups in total. The van der Waals surface area contributed by atoms with Crippen LogP contribution >= 0.6 is 22.9 Å². The van der Waals surface area contributed by atoms with Gasteiger partial charge in [0.15, 0.2) is 0 Å². The van der Waals surface area contributed by atoms with E-state index in [1.807, 2.05) is 18.5 Å². The highest BCUT2D eigenvalue weighted by atomic mass is 35.5. The summed E-state index contributed by atoms with van der Waals surface area (Å²) in [6.07, 6.45) is 6.91. The Hall–Kier alpha value is -0.900. The summed E-state index contributed by atoms with van der Waals surface area (Å²) in [4.78, 5) is 5.41. The number of rotatable bonds is 7. The molecule has 0 spiro atoms. The van der Waals surface area contributed by atoms with Crippen LogP contribution in [0.5, 0.6) is 0 Å². The molecule has 0 bridgehead atoms. The largest absolute Gasteiger partial charge is 0.313 e. The summed E-state index contributed by atoms with van der Waals surface area (Å²) in [5.41, 5.74) is 1.33. The minimum atomic E-state index is 0.456. The molecule has 2 nitrogen and oxygen atoms in total. The van der Waals surface area contributed by atoms with Gasteiger partial charge in [-0.3, -0.25) is 4.98 Å². The summed E-state index contributed by atoms with van der Waals surface area (Å²) < 4.78 is 0.869. The van der Waals surface area contributed by atoms with Crippen molar-refractivity contribution in [1.29, 1.82) is 0 Å². The van der Waals surface area contributed by atoms with Gasteiger partial charge in [0.05, 0.1) is 4.34 Å². The van der Waals surface area contributed by atoms with Gasteiger partial charge in [0.2, 0.25) is 0 Å². The molecule has 0 fully saturated rings. The van der Waals surface area contributed by atoms with Crippen molar-refractivity contribution in [2.45, 2.75) is 32.2 Å². The zero-order valence-electron chi connectivity index (χ0n) is 11.1. The van der Waals surface area contributed by atoms with Crippen molar-refractivity contribution in [1.82, 2.24) is 10.3 Å². The number of hydrogen-bond acceptors (Lipinski definition) is 3. The van der Waals surface area contributed by atoms with Crippen LogP contribution in [0.25, 0.3) is 0 Å². The molecule has 1 atom stereocenters. The molecular weight excluding hydrogens is 276 g/mol. The zero-order valence-corrected chi connectivity index (χ0v) is 12.7. The molecule has 0 saturated heterocycles. The first kappa shape index (κ1) is 14.5. The van der Waals surface area contributed by atoms with Crippen LogP contribution in [0.1, 0.15) is 23.8 Å². The van der Waals surface area contributed by atoms with Crippen molar-refractivity contribution in [2.75, 3.05) is 6.54 Å². The second-order valence-corrected chi connectivity index (χ2v) is 6.42.